The Bertz CT molecular complexity index is 454. The minimum Gasteiger partial charge on any atom is -0.384 e. The van der Waals surface area contributed by atoms with Crippen molar-refractivity contribution < 1.29 is 0 Å². The zero-order valence-corrected chi connectivity index (χ0v) is 13.8. The number of anilines is 1. The first-order chi connectivity index (χ1) is 10.0. The second-order valence-corrected chi connectivity index (χ2v) is 5.20. The van der Waals surface area contributed by atoms with Gasteiger partial charge >= 0.3 is 0 Å². The molecule has 0 radical (unpaired) electrons. The van der Waals surface area contributed by atoms with Gasteiger partial charge in [0, 0.05) is 19.3 Å². The zero-order valence-electron chi connectivity index (χ0n) is 13.8. The molecule has 0 aliphatic rings. The summed E-state index contributed by atoms with van der Waals surface area (Å²) in [4.78, 5) is 9.10. The van der Waals surface area contributed by atoms with Gasteiger partial charge in [0.05, 0.1) is 5.56 Å². The van der Waals surface area contributed by atoms with Crippen LogP contribution in [-0.4, -0.2) is 48.4 Å². The number of pyridine rings is 1. The topological polar surface area (TPSA) is 69.2 Å². The SMILES string of the molecule is CCN(CC)CCCN(CC)c1nccc(C)c1C(=N)N. The summed E-state index contributed by atoms with van der Waals surface area (Å²) in [5.41, 5.74) is 7.51. The van der Waals surface area contributed by atoms with E-state index in [1.807, 2.05) is 13.0 Å². The minimum atomic E-state index is 0.0952. The summed E-state index contributed by atoms with van der Waals surface area (Å²) < 4.78 is 0. The Kier molecular flexibility index (Phi) is 7.15. The van der Waals surface area contributed by atoms with Gasteiger partial charge in [-0.05, 0) is 51.5 Å². The summed E-state index contributed by atoms with van der Waals surface area (Å²) in [5.74, 6) is 0.933. The molecule has 118 valence electrons. The summed E-state index contributed by atoms with van der Waals surface area (Å²) in [6.07, 6.45) is 2.88. The minimum absolute atomic E-state index is 0.0952. The molecule has 21 heavy (non-hydrogen) atoms. The predicted molar refractivity (Wildman–Crippen MR) is 90.3 cm³/mol. The number of hydrogen-bond acceptors (Lipinski definition) is 4. The summed E-state index contributed by atoms with van der Waals surface area (Å²) in [5, 5.41) is 7.79. The number of rotatable bonds is 9. The Balaban J connectivity index is 2.81. The first kappa shape index (κ1) is 17.4. The molecule has 0 aliphatic carbocycles. The molecule has 0 atom stereocenters. The first-order valence-corrected chi connectivity index (χ1v) is 7.82. The van der Waals surface area contributed by atoms with E-state index in [-0.39, 0.29) is 5.84 Å². The first-order valence-electron chi connectivity index (χ1n) is 7.82. The lowest BCUT2D eigenvalue weighted by Gasteiger charge is -2.26. The Morgan fingerprint density at radius 2 is 1.86 bits per heavy atom. The Morgan fingerprint density at radius 3 is 2.38 bits per heavy atom. The van der Waals surface area contributed by atoms with E-state index in [0.717, 1.165) is 56.1 Å². The van der Waals surface area contributed by atoms with Gasteiger partial charge in [0.25, 0.3) is 0 Å². The van der Waals surface area contributed by atoms with Crippen LogP contribution in [0.25, 0.3) is 0 Å². The summed E-state index contributed by atoms with van der Waals surface area (Å²) in [6, 6.07) is 1.91. The van der Waals surface area contributed by atoms with Crippen LogP contribution in [0.4, 0.5) is 5.82 Å². The van der Waals surface area contributed by atoms with E-state index in [9.17, 15) is 0 Å². The number of aryl methyl sites for hydroxylation is 1. The highest BCUT2D eigenvalue weighted by atomic mass is 15.2. The number of aromatic nitrogens is 1. The van der Waals surface area contributed by atoms with Crippen LogP contribution in [0.5, 0.6) is 0 Å². The lowest BCUT2D eigenvalue weighted by molar-refractivity contribution is 0.300. The molecule has 1 aromatic rings. The molecule has 0 unspecified atom stereocenters. The fraction of sp³-hybridized carbons (Fsp3) is 0.625. The van der Waals surface area contributed by atoms with Crippen LogP contribution in [0, 0.1) is 12.3 Å². The maximum atomic E-state index is 7.79. The molecule has 0 aliphatic heterocycles. The van der Waals surface area contributed by atoms with Gasteiger partial charge in [-0.2, -0.15) is 0 Å². The molecule has 0 aromatic carbocycles. The number of nitrogens with two attached hydrogens (primary N) is 1. The van der Waals surface area contributed by atoms with E-state index < -0.39 is 0 Å². The van der Waals surface area contributed by atoms with Crippen molar-refractivity contribution in [3.05, 3.63) is 23.4 Å². The monoisotopic (exact) mass is 291 g/mol. The smallest absolute Gasteiger partial charge is 0.139 e. The number of nitrogens with zero attached hydrogens (tertiary/aromatic N) is 3. The highest BCUT2D eigenvalue weighted by Crippen LogP contribution is 2.20. The van der Waals surface area contributed by atoms with Crippen LogP contribution in [0.3, 0.4) is 0 Å². The third-order valence-electron chi connectivity index (χ3n) is 3.89. The summed E-state index contributed by atoms with van der Waals surface area (Å²) >= 11 is 0. The third kappa shape index (κ3) is 4.70. The predicted octanol–water partition coefficient (Wildman–Crippen LogP) is 2.23. The Morgan fingerprint density at radius 1 is 1.19 bits per heavy atom. The number of amidine groups is 1. The van der Waals surface area contributed by atoms with Crippen LogP contribution in [-0.2, 0) is 0 Å². The molecule has 1 heterocycles. The molecule has 0 fully saturated rings. The van der Waals surface area contributed by atoms with Crippen molar-refractivity contribution in [2.24, 2.45) is 5.73 Å². The molecule has 0 saturated heterocycles. The molecule has 3 N–H and O–H groups in total. The van der Waals surface area contributed by atoms with E-state index in [4.69, 9.17) is 11.1 Å². The van der Waals surface area contributed by atoms with Gasteiger partial charge in [-0.3, -0.25) is 5.41 Å². The largest absolute Gasteiger partial charge is 0.384 e. The molecular weight excluding hydrogens is 262 g/mol. The quantitative estimate of drug-likeness (QED) is 0.541. The van der Waals surface area contributed by atoms with Crippen molar-refractivity contribution in [1.82, 2.24) is 9.88 Å². The van der Waals surface area contributed by atoms with Gasteiger partial charge in [-0.25, -0.2) is 4.98 Å². The fourth-order valence-electron chi connectivity index (χ4n) is 2.56. The molecule has 0 bridgehead atoms. The normalized spacial score (nSPS) is 10.9. The highest BCUT2D eigenvalue weighted by Gasteiger charge is 2.15. The van der Waals surface area contributed by atoms with Crippen LogP contribution in [0.1, 0.15) is 38.3 Å². The molecule has 0 saturated carbocycles. The molecule has 0 amide bonds. The summed E-state index contributed by atoms with van der Waals surface area (Å²) in [7, 11) is 0. The number of nitrogens with one attached hydrogen (secondary N) is 1. The number of hydrogen-bond donors (Lipinski definition) is 2. The van der Waals surface area contributed by atoms with Crippen molar-refractivity contribution in [3.63, 3.8) is 0 Å². The van der Waals surface area contributed by atoms with E-state index in [0.29, 0.717) is 0 Å². The highest BCUT2D eigenvalue weighted by molar-refractivity contribution is 6.00. The van der Waals surface area contributed by atoms with Crippen molar-refractivity contribution >= 4 is 11.7 Å². The molecule has 1 rings (SSSR count). The van der Waals surface area contributed by atoms with Crippen LogP contribution in [0.2, 0.25) is 0 Å². The van der Waals surface area contributed by atoms with Gasteiger partial charge < -0.3 is 15.5 Å². The van der Waals surface area contributed by atoms with Crippen LogP contribution in [0.15, 0.2) is 12.3 Å². The van der Waals surface area contributed by atoms with Gasteiger partial charge in [-0.1, -0.05) is 13.8 Å². The lowest BCUT2D eigenvalue weighted by atomic mass is 10.1. The Hall–Kier alpha value is -1.62. The van der Waals surface area contributed by atoms with Crippen molar-refractivity contribution in [2.75, 3.05) is 37.6 Å². The second kappa shape index (κ2) is 8.62. The van der Waals surface area contributed by atoms with Crippen molar-refractivity contribution in [3.8, 4) is 0 Å². The Labute approximate surface area is 128 Å². The molecular formula is C16H29N5. The van der Waals surface area contributed by atoms with Crippen LogP contribution < -0.4 is 10.6 Å². The lowest BCUT2D eigenvalue weighted by Crippen LogP contribution is -2.32. The van der Waals surface area contributed by atoms with E-state index >= 15 is 0 Å². The third-order valence-corrected chi connectivity index (χ3v) is 3.89. The second-order valence-electron chi connectivity index (χ2n) is 5.20. The molecule has 5 heteroatoms. The average Bonchev–Trinajstić information content (AvgIpc) is 2.47. The standard InChI is InChI=1S/C16H29N5/c1-5-20(6-2)11-8-12-21(7-3)16-14(15(17)18)13(4)9-10-19-16/h9-10H,5-8,11-12H2,1-4H3,(H3,17,18). The average molecular weight is 291 g/mol. The van der Waals surface area contributed by atoms with Crippen molar-refractivity contribution in [2.45, 2.75) is 34.1 Å². The van der Waals surface area contributed by atoms with Crippen LogP contribution >= 0.6 is 0 Å². The van der Waals surface area contributed by atoms with Crippen molar-refractivity contribution in [1.29, 1.82) is 5.41 Å². The summed E-state index contributed by atoms with van der Waals surface area (Å²) in [6.45, 7) is 13.5. The maximum Gasteiger partial charge on any atom is 0.139 e. The van der Waals surface area contributed by atoms with Gasteiger partial charge in [0.15, 0.2) is 0 Å². The molecule has 5 nitrogen and oxygen atoms in total. The molecule has 0 spiro atoms. The van der Waals surface area contributed by atoms with E-state index in [1.165, 1.54) is 0 Å². The zero-order chi connectivity index (χ0) is 15.8. The van der Waals surface area contributed by atoms with E-state index in [2.05, 4.69) is 35.6 Å². The fourth-order valence-corrected chi connectivity index (χ4v) is 2.56. The number of nitrogen functional groups attached to an aromatic ring is 1. The van der Waals surface area contributed by atoms with Gasteiger partial charge in [0.1, 0.15) is 11.7 Å². The maximum absolute atomic E-state index is 7.79. The van der Waals surface area contributed by atoms with E-state index in [1.54, 1.807) is 6.20 Å². The molecule has 1 aromatic heterocycles. The van der Waals surface area contributed by atoms with Gasteiger partial charge in [-0.15, -0.1) is 0 Å². The van der Waals surface area contributed by atoms with Gasteiger partial charge in [0.2, 0.25) is 0 Å².